The Morgan fingerprint density at radius 1 is 1.24 bits per heavy atom. The van der Waals surface area contributed by atoms with Crippen LogP contribution in [0.3, 0.4) is 0 Å². The third-order valence-electron chi connectivity index (χ3n) is 4.47. The van der Waals surface area contributed by atoms with E-state index in [1.54, 1.807) is 0 Å². The predicted molar refractivity (Wildman–Crippen MR) is 87.2 cm³/mol. The van der Waals surface area contributed by atoms with Crippen LogP contribution in [-0.2, 0) is 11.2 Å². The highest BCUT2D eigenvalue weighted by Gasteiger charge is 2.22. The molecule has 116 valence electrons. The fourth-order valence-electron chi connectivity index (χ4n) is 3.06. The zero-order chi connectivity index (χ0) is 14.9. The number of likely N-dealkylation sites (tertiary alicyclic amines) is 1. The van der Waals surface area contributed by atoms with Gasteiger partial charge in [0.15, 0.2) is 0 Å². The van der Waals surface area contributed by atoms with E-state index in [0.29, 0.717) is 12.3 Å². The molecule has 0 atom stereocenters. The lowest BCUT2D eigenvalue weighted by Gasteiger charge is -2.32. The van der Waals surface area contributed by atoms with Gasteiger partial charge in [-0.2, -0.15) is 0 Å². The van der Waals surface area contributed by atoms with Crippen molar-refractivity contribution >= 4 is 5.91 Å². The molecule has 0 bridgehead atoms. The van der Waals surface area contributed by atoms with Crippen molar-refractivity contribution in [3.05, 3.63) is 35.9 Å². The molecule has 1 fully saturated rings. The van der Waals surface area contributed by atoms with Crippen molar-refractivity contribution in [2.24, 2.45) is 5.92 Å². The second-order valence-electron chi connectivity index (χ2n) is 6.06. The lowest BCUT2D eigenvalue weighted by Crippen LogP contribution is -2.38. The van der Waals surface area contributed by atoms with Crippen LogP contribution in [0.4, 0.5) is 0 Å². The molecule has 3 nitrogen and oxygen atoms in total. The number of hydrogen-bond acceptors (Lipinski definition) is 2. The molecule has 1 heterocycles. The zero-order valence-electron chi connectivity index (χ0n) is 13.2. The summed E-state index contributed by atoms with van der Waals surface area (Å²) >= 11 is 0. The van der Waals surface area contributed by atoms with Gasteiger partial charge in [0, 0.05) is 19.5 Å². The highest BCUT2D eigenvalue weighted by Crippen LogP contribution is 2.23. The number of benzene rings is 1. The van der Waals surface area contributed by atoms with Gasteiger partial charge in [0.05, 0.1) is 0 Å². The highest BCUT2D eigenvalue weighted by molar-refractivity contribution is 5.76. The number of nitrogens with zero attached hydrogens (tertiary/aromatic N) is 1. The van der Waals surface area contributed by atoms with Crippen LogP contribution in [0.2, 0.25) is 0 Å². The largest absolute Gasteiger partial charge is 0.343 e. The van der Waals surface area contributed by atoms with Crippen LogP contribution >= 0.6 is 0 Å². The smallest absolute Gasteiger partial charge is 0.222 e. The first-order valence-electron chi connectivity index (χ1n) is 8.26. The van der Waals surface area contributed by atoms with Gasteiger partial charge in [-0.15, -0.1) is 0 Å². The Kier molecular flexibility index (Phi) is 6.74. The quantitative estimate of drug-likeness (QED) is 0.783. The van der Waals surface area contributed by atoms with Gasteiger partial charge in [-0.25, -0.2) is 0 Å². The molecule has 0 aliphatic carbocycles. The minimum atomic E-state index is 0.340. The van der Waals surface area contributed by atoms with Gasteiger partial charge in [0.25, 0.3) is 0 Å². The molecule has 1 N–H and O–H groups in total. The summed E-state index contributed by atoms with van der Waals surface area (Å²) in [5.41, 5.74) is 1.43. The van der Waals surface area contributed by atoms with Crippen molar-refractivity contribution < 1.29 is 4.79 Å². The fourth-order valence-corrected chi connectivity index (χ4v) is 3.06. The molecule has 1 aliphatic rings. The van der Waals surface area contributed by atoms with Crippen LogP contribution < -0.4 is 5.32 Å². The first kappa shape index (κ1) is 16.0. The zero-order valence-corrected chi connectivity index (χ0v) is 13.2. The summed E-state index contributed by atoms with van der Waals surface area (Å²) in [7, 11) is 1.93. The molecule has 21 heavy (non-hydrogen) atoms. The maximum absolute atomic E-state index is 12.1. The average molecular weight is 288 g/mol. The number of hydrogen-bond donors (Lipinski definition) is 1. The lowest BCUT2D eigenvalue weighted by atomic mass is 9.90. The van der Waals surface area contributed by atoms with Gasteiger partial charge in [-0.1, -0.05) is 30.3 Å². The van der Waals surface area contributed by atoms with E-state index in [0.717, 1.165) is 32.0 Å². The Morgan fingerprint density at radius 2 is 1.95 bits per heavy atom. The van der Waals surface area contributed by atoms with Gasteiger partial charge in [-0.3, -0.25) is 4.79 Å². The predicted octanol–water partition coefficient (Wildman–Crippen LogP) is 2.86. The summed E-state index contributed by atoms with van der Waals surface area (Å²) in [5.74, 6) is 1.12. The number of amides is 1. The lowest BCUT2D eigenvalue weighted by molar-refractivity contribution is -0.132. The monoisotopic (exact) mass is 288 g/mol. The third kappa shape index (κ3) is 5.50. The molecule has 0 spiro atoms. The molecule has 1 aliphatic heterocycles. The van der Waals surface area contributed by atoms with Gasteiger partial charge < -0.3 is 10.2 Å². The van der Waals surface area contributed by atoms with Crippen molar-refractivity contribution in [3.8, 4) is 0 Å². The Morgan fingerprint density at radius 3 is 2.62 bits per heavy atom. The third-order valence-corrected chi connectivity index (χ3v) is 4.47. The van der Waals surface area contributed by atoms with E-state index in [1.165, 1.54) is 31.2 Å². The van der Waals surface area contributed by atoms with Crippen LogP contribution in [0.15, 0.2) is 30.3 Å². The number of carbonyl (C=O) groups excluding carboxylic acids is 1. The minimum absolute atomic E-state index is 0.340. The molecule has 0 unspecified atom stereocenters. The Hall–Kier alpha value is -1.35. The second-order valence-corrected chi connectivity index (χ2v) is 6.06. The van der Waals surface area contributed by atoms with E-state index in [2.05, 4.69) is 40.5 Å². The minimum Gasteiger partial charge on any atom is -0.343 e. The standard InChI is InChI=1S/C18H28N2O/c1-19-13-5-8-18(21)20-14-11-17(12-15-20)10-9-16-6-3-2-4-7-16/h2-4,6-7,17,19H,5,8-15H2,1H3. The number of aryl methyl sites for hydroxylation is 1. The van der Waals surface area contributed by atoms with E-state index in [4.69, 9.17) is 0 Å². The van der Waals surface area contributed by atoms with Crippen molar-refractivity contribution in [3.63, 3.8) is 0 Å². The van der Waals surface area contributed by atoms with Crippen LogP contribution in [0.1, 0.15) is 37.7 Å². The summed E-state index contributed by atoms with van der Waals surface area (Å²) < 4.78 is 0. The van der Waals surface area contributed by atoms with Crippen LogP contribution in [-0.4, -0.2) is 37.5 Å². The first-order chi connectivity index (χ1) is 10.3. The molecule has 0 radical (unpaired) electrons. The van der Waals surface area contributed by atoms with Gasteiger partial charge in [0.1, 0.15) is 0 Å². The topological polar surface area (TPSA) is 32.3 Å². The van der Waals surface area contributed by atoms with Crippen molar-refractivity contribution in [2.45, 2.75) is 38.5 Å². The summed E-state index contributed by atoms with van der Waals surface area (Å²) in [5, 5.41) is 3.09. The first-order valence-corrected chi connectivity index (χ1v) is 8.26. The van der Waals surface area contributed by atoms with E-state index in [9.17, 15) is 4.79 Å². The summed E-state index contributed by atoms with van der Waals surface area (Å²) in [4.78, 5) is 14.1. The van der Waals surface area contributed by atoms with Crippen molar-refractivity contribution in [1.29, 1.82) is 0 Å². The molecule has 1 aromatic rings. The number of rotatable bonds is 7. The summed E-state index contributed by atoms with van der Waals surface area (Å²) in [6.07, 6.45) is 6.40. The van der Waals surface area contributed by atoms with Gasteiger partial charge in [-0.05, 0) is 57.2 Å². The maximum atomic E-state index is 12.1. The van der Waals surface area contributed by atoms with E-state index in [-0.39, 0.29) is 0 Å². The Labute approximate surface area is 128 Å². The van der Waals surface area contributed by atoms with E-state index >= 15 is 0 Å². The van der Waals surface area contributed by atoms with Gasteiger partial charge >= 0.3 is 0 Å². The molecule has 1 amide bonds. The molecule has 0 aromatic heterocycles. The summed E-state index contributed by atoms with van der Waals surface area (Å²) in [6.45, 7) is 2.84. The Balaban J connectivity index is 1.65. The van der Waals surface area contributed by atoms with E-state index < -0.39 is 0 Å². The molecular weight excluding hydrogens is 260 g/mol. The molecule has 3 heteroatoms. The SMILES string of the molecule is CNCCCC(=O)N1CCC(CCc2ccccc2)CC1. The number of nitrogens with one attached hydrogen (secondary N) is 1. The maximum Gasteiger partial charge on any atom is 0.222 e. The van der Waals surface area contributed by atoms with Crippen molar-refractivity contribution in [2.75, 3.05) is 26.7 Å². The molecule has 2 rings (SSSR count). The second kappa shape index (κ2) is 8.83. The summed E-state index contributed by atoms with van der Waals surface area (Å²) in [6, 6.07) is 10.7. The fraction of sp³-hybridized carbons (Fsp3) is 0.611. The normalized spacial score (nSPS) is 16.1. The number of carbonyl (C=O) groups is 1. The molecule has 0 saturated carbocycles. The highest BCUT2D eigenvalue weighted by atomic mass is 16.2. The molecule has 1 saturated heterocycles. The van der Waals surface area contributed by atoms with Crippen molar-refractivity contribution in [1.82, 2.24) is 10.2 Å². The van der Waals surface area contributed by atoms with Gasteiger partial charge in [0.2, 0.25) is 5.91 Å². The van der Waals surface area contributed by atoms with Crippen LogP contribution in [0.25, 0.3) is 0 Å². The van der Waals surface area contributed by atoms with Crippen LogP contribution in [0.5, 0.6) is 0 Å². The molecular formula is C18H28N2O. The Bertz CT molecular complexity index is 410. The number of piperidine rings is 1. The van der Waals surface area contributed by atoms with E-state index in [1.807, 2.05) is 7.05 Å². The van der Waals surface area contributed by atoms with Crippen LogP contribution in [0, 0.1) is 5.92 Å². The average Bonchev–Trinajstić information content (AvgIpc) is 2.54. The molecule has 1 aromatic carbocycles.